The Morgan fingerprint density at radius 2 is 2.14 bits per heavy atom. The van der Waals surface area contributed by atoms with E-state index in [0.717, 1.165) is 25.6 Å². The summed E-state index contributed by atoms with van der Waals surface area (Å²) in [7, 11) is 0. The third kappa shape index (κ3) is 5.18. The topological polar surface area (TPSA) is 77.9 Å². The maximum Gasteiger partial charge on any atom is 0.261 e. The van der Waals surface area contributed by atoms with Gasteiger partial charge in [-0.25, -0.2) is 0 Å². The fourth-order valence-corrected chi connectivity index (χ4v) is 3.60. The molecule has 0 radical (unpaired) electrons. The molecule has 6 heteroatoms. The highest BCUT2D eigenvalue weighted by Gasteiger charge is 2.10. The normalized spacial score (nSPS) is 10.9. The molecule has 3 rings (SSSR count). The molecule has 0 saturated carbocycles. The lowest BCUT2D eigenvalue weighted by Gasteiger charge is -2.07. The number of rotatable bonds is 7. The minimum Gasteiger partial charge on any atom is -0.480 e. The summed E-state index contributed by atoms with van der Waals surface area (Å²) in [6.45, 7) is 0.629. The number of nitrogens with zero attached hydrogens (tertiary/aromatic N) is 1. The zero-order valence-corrected chi connectivity index (χ0v) is 17.7. The molecule has 5 nitrogen and oxygen atoms in total. The van der Waals surface area contributed by atoms with Crippen molar-refractivity contribution in [2.24, 2.45) is 0 Å². The minimum atomic E-state index is -0.394. The fraction of sp³-hybridized carbons (Fsp3) is 0.130. The Morgan fingerprint density at radius 1 is 1.31 bits per heavy atom. The number of fused-ring (bicyclic) bond motifs is 1. The first-order chi connectivity index (χ1) is 14.1. The largest absolute Gasteiger partial charge is 0.480 e. The molecule has 0 fully saturated rings. The third-order valence-electron chi connectivity index (χ3n) is 4.30. The molecule has 0 aliphatic carbocycles. The summed E-state index contributed by atoms with van der Waals surface area (Å²) in [4.78, 5) is 15.6. The van der Waals surface area contributed by atoms with Crippen LogP contribution < -0.4 is 10.1 Å². The van der Waals surface area contributed by atoms with E-state index in [-0.39, 0.29) is 12.2 Å². The number of carbonyl (C=O) groups is 1. The van der Waals surface area contributed by atoms with Crippen molar-refractivity contribution in [3.63, 3.8) is 0 Å². The molecule has 0 saturated heterocycles. The van der Waals surface area contributed by atoms with Crippen LogP contribution in [0.25, 0.3) is 17.0 Å². The van der Waals surface area contributed by atoms with Crippen LogP contribution in [0.3, 0.4) is 0 Å². The SMILES string of the molecule is C#CCOc1ccc(/C=C(/C#N)C(=O)NCCc2c[nH]c3ccccc23)cc1I. The zero-order chi connectivity index (χ0) is 20.6. The monoisotopic (exact) mass is 495 g/mol. The summed E-state index contributed by atoms with van der Waals surface area (Å²) in [5.74, 6) is 2.69. The van der Waals surface area contributed by atoms with Crippen LogP contribution in [0, 0.1) is 27.2 Å². The molecule has 0 bridgehead atoms. The minimum absolute atomic E-state index is 0.0528. The van der Waals surface area contributed by atoms with Crippen molar-refractivity contribution in [2.75, 3.05) is 13.2 Å². The maximum absolute atomic E-state index is 12.4. The van der Waals surface area contributed by atoms with Gasteiger partial charge in [0.2, 0.25) is 0 Å². The third-order valence-corrected chi connectivity index (χ3v) is 5.14. The molecular formula is C23H18IN3O2. The number of amides is 1. The number of hydrogen-bond acceptors (Lipinski definition) is 3. The average molecular weight is 495 g/mol. The molecule has 0 atom stereocenters. The van der Waals surface area contributed by atoms with Crippen molar-refractivity contribution in [3.8, 4) is 24.2 Å². The van der Waals surface area contributed by atoms with Gasteiger partial charge >= 0.3 is 0 Å². The lowest BCUT2D eigenvalue weighted by Crippen LogP contribution is -2.26. The Hall–Kier alpha value is -3.23. The van der Waals surface area contributed by atoms with E-state index < -0.39 is 5.91 Å². The Labute approximate surface area is 182 Å². The van der Waals surface area contributed by atoms with Crippen molar-refractivity contribution in [3.05, 3.63) is 68.9 Å². The predicted molar refractivity (Wildman–Crippen MR) is 122 cm³/mol. The van der Waals surface area contributed by atoms with Crippen LogP contribution in [0.4, 0.5) is 0 Å². The van der Waals surface area contributed by atoms with Gasteiger partial charge in [0.25, 0.3) is 5.91 Å². The molecule has 0 aliphatic rings. The van der Waals surface area contributed by atoms with Gasteiger partial charge in [0.15, 0.2) is 0 Å². The second-order valence-electron chi connectivity index (χ2n) is 6.22. The van der Waals surface area contributed by atoms with Crippen LogP contribution in [0.15, 0.2) is 54.2 Å². The molecule has 1 aromatic heterocycles. The van der Waals surface area contributed by atoms with E-state index in [1.54, 1.807) is 18.2 Å². The molecule has 2 N–H and O–H groups in total. The number of aromatic amines is 1. The van der Waals surface area contributed by atoms with Crippen molar-refractivity contribution < 1.29 is 9.53 Å². The molecule has 2 aromatic carbocycles. The zero-order valence-electron chi connectivity index (χ0n) is 15.5. The Kier molecular flexibility index (Phi) is 6.94. The van der Waals surface area contributed by atoms with Gasteiger partial charge in [0, 0.05) is 23.6 Å². The number of H-pyrrole nitrogens is 1. The lowest BCUT2D eigenvalue weighted by molar-refractivity contribution is -0.117. The summed E-state index contributed by atoms with van der Waals surface area (Å²) in [6.07, 6.45) is 9.39. The van der Waals surface area contributed by atoms with E-state index >= 15 is 0 Å². The van der Waals surface area contributed by atoms with E-state index in [1.165, 1.54) is 0 Å². The van der Waals surface area contributed by atoms with Gasteiger partial charge in [-0.15, -0.1) is 6.42 Å². The van der Waals surface area contributed by atoms with E-state index in [9.17, 15) is 10.1 Å². The Bertz CT molecular complexity index is 1150. The number of carbonyl (C=O) groups excluding carboxylic acids is 1. The van der Waals surface area contributed by atoms with Crippen LogP contribution in [0.1, 0.15) is 11.1 Å². The Morgan fingerprint density at radius 3 is 2.90 bits per heavy atom. The van der Waals surface area contributed by atoms with Gasteiger partial charge in [0.05, 0.1) is 3.57 Å². The van der Waals surface area contributed by atoms with Gasteiger partial charge in [-0.1, -0.05) is 30.2 Å². The van der Waals surface area contributed by atoms with Crippen molar-refractivity contribution in [1.82, 2.24) is 10.3 Å². The van der Waals surface area contributed by atoms with Crippen LogP contribution >= 0.6 is 22.6 Å². The predicted octanol–water partition coefficient (Wildman–Crippen LogP) is 4.05. The van der Waals surface area contributed by atoms with E-state index in [0.29, 0.717) is 18.7 Å². The molecule has 0 aliphatic heterocycles. The highest BCUT2D eigenvalue weighted by Crippen LogP contribution is 2.23. The first-order valence-corrected chi connectivity index (χ1v) is 10.0. The Balaban J connectivity index is 1.63. The lowest BCUT2D eigenvalue weighted by atomic mass is 10.1. The van der Waals surface area contributed by atoms with Gasteiger partial charge < -0.3 is 15.0 Å². The summed E-state index contributed by atoms with van der Waals surface area (Å²) >= 11 is 2.13. The number of nitrogens with one attached hydrogen (secondary N) is 2. The van der Waals surface area contributed by atoms with Crippen LogP contribution in [0.5, 0.6) is 5.75 Å². The summed E-state index contributed by atoms with van der Waals surface area (Å²) in [5.41, 5.74) is 2.99. The molecule has 144 valence electrons. The number of aromatic nitrogens is 1. The van der Waals surface area contributed by atoms with Crippen molar-refractivity contribution in [2.45, 2.75) is 6.42 Å². The van der Waals surface area contributed by atoms with E-state index in [1.807, 2.05) is 42.6 Å². The summed E-state index contributed by atoms with van der Waals surface area (Å²) in [5, 5.41) is 13.3. The first-order valence-electron chi connectivity index (χ1n) is 8.93. The summed E-state index contributed by atoms with van der Waals surface area (Å²) in [6, 6.07) is 15.4. The number of benzene rings is 2. The molecule has 0 unspecified atom stereocenters. The number of halogens is 1. The molecule has 0 spiro atoms. The number of nitriles is 1. The number of ether oxygens (including phenoxy) is 1. The molecule has 3 aromatic rings. The number of hydrogen-bond donors (Lipinski definition) is 2. The number of terminal acetylenes is 1. The molecule has 1 amide bonds. The summed E-state index contributed by atoms with van der Waals surface area (Å²) < 4.78 is 6.28. The smallest absolute Gasteiger partial charge is 0.261 e. The number of para-hydroxylation sites is 1. The standard InChI is InChI=1S/C23H18IN3O2/c1-2-11-29-22-8-7-16(13-20(22)24)12-18(14-25)23(28)26-10-9-17-15-27-21-6-4-3-5-19(17)21/h1,3-8,12-13,15,27H,9-11H2,(H,26,28)/b18-12-. The van der Waals surface area contributed by atoms with E-state index in [2.05, 4.69) is 38.8 Å². The highest BCUT2D eigenvalue weighted by molar-refractivity contribution is 14.1. The van der Waals surface area contributed by atoms with Crippen LogP contribution in [-0.4, -0.2) is 24.0 Å². The molecule has 29 heavy (non-hydrogen) atoms. The second kappa shape index (κ2) is 9.81. The first kappa shape index (κ1) is 20.5. The quantitative estimate of drug-likeness (QED) is 0.225. The molecule has 1 heterocycles. The van der Waals surface area contributed by atoms with Crippen molar-refractivity contribution >= 4 is 45.5 Å². The van der Waals surface area contributed by atoms with E-state index in [4.69, 9.17) is 11.2 Å². The average Bonchev–Trinajstić information content (AvgIpc) is 3.14. The van der Waals surface area contributed by atoms with Gasteiger partial charge in [-0.05, 0) is 64.4 Å². The second-order valence-corrected chi connectivity index (χ2v) is 7.38. The van der Waals surface area contributed by atoms with Crippen LogP contribution in [-0.2, 0) is 11.2 Å². The van der Waals surface area contributed by atoms with Gasteiger partial charge in [0.1, 0.15) is 24.0 Å². The maximum atomic E-state index is 12.4. The van der Waals surface area contributed by atoms with Gasteiger partial charge in [-0.3, -0.25) is 4.79 Å². The fourth-order valence-electron chi connectivity index (χ4n) is 2.90. The molecular weight excluding hydrogens is 477 g/mol. The van der Waals surface area contributed by atoms with Crippen molar-refractivity contribution in [1.29, 1.82) is 5.26 Å². The highest BCUT2D eigenvalue weighted by atomic mass is 127. The van der Waals surface area contributed by atoms with Gasteiger partial charge in [-0.2, -0.15) is 5.26 Å². The van der Waals surface area contributed by atoms with Crippen LogP contribution in [0.2, 0.25) is 0 Å².